The van der Waals surface area contributed by atoms with Crippen LogP contribution in [0.5, 0.6) is 0 Å². The Balaban J connectivity index is 1.74. The number of rotatable bonds is 5. The molecule has 1 fully saturated rings. The minimum Gasteiger partial charge on any atom is -0.378 e. The van der Waals surface area contributed by atoms with Crippen molar-refractivity contribution in [2.45, 2.75) is 0 Å². The van der Waals surface area contributed by atoms with E-state index in [0.717, 1.165) is 5.56 Å². The number of amides is 1. The summed E-state index contributed by atoms with van der Waals surface area (Å²) in [6.07, 6.45) is 3.90. The van der Waals surface area contributed by atoms with E-state index in [4.69, 9.17) is 4.74 Å². The van der Waals surface area contributed by atoms with Gasteiger partial charge in [0.05, 0.1) is 19.8 Å². The topological polar surface area (TPSA) is 32.8 Å². The van der Waals surface area contributed by atoms with Crippen molar-refractivity contribution in [2.75, 3.05) is 46.4 Å². The SMILES string of the molecule is CN(CC=Cc1ccc(F)cc1)CC(=O)N1CCOCC1. The number of likely N-dealkylation sites (N-methyl/N-ethyl adjacent to an activating group) is 1. The average molecular weight is 292 g/mol. The molecule has 5 heteroatoms. The maximum Gasteiger partial charge on any atom is 0.236 e. The number of nitrogens with zero attached hydrogens (tertiary/aromatic N) is 2. The van der Waals surface area contributed by atoms with Gasteiger partial charge >= 0.3 is 0 Å². The van der Waals surface area contributed by atoms with E-state index >= 15 is 0 Å². The van der Waals surface area contributed by atoms with Gasteiger partial charge in [-0.3, -0.25) is 9.69 Å². The van der Waals surface area contributed by atoms with Gasteiger partial charge in [-0.2, -0.15) is 0 Å². The first-order chi connectivity index (χ1) is 10.1. The van der Waals surface area contributed by atoms with Gasteiger partial charge in [0.1, 0.15) is 5.82 Å². The van der Waals surface area contributed by atoms with Gasteiger partial charge in [0.15, 0.2) is 0 Å². The fourth-order valence-electron chi connectivity index (χ4n) is 2.15. The minimum absolute atomic E-state index is 0.135. The van der Waals surface area contributed by atoms with Gasteiger partial charge in [-0.05, 0) is 24.7 Å². The Morgan fingerprint density at radius 1 is 1.33 bits per heavy atom. The van der Waals surface area contributed by atoms with Gasteiger partial charge < -0.3 is 9.64 Å². The molecular formula is C16H21FN2O2. The van der Waals surface area contributed by atoms with Crippen molar-refractivity contribution in [3.63, 3.8) is 0 Å². The van der Waals surface area contributed by atoms with Crippen molar-refractivity contribution in [2.24, 2.45) is 0 Å². The summed E-state index contributed by atoms with van der Waals surface area (Å²) >= 11 is 0. The Morgan fingerprint density at radius 2 is 2.00 bits per heavy atom. The van der Waals surface area contributed by atoms with E-state index in [1.165, 1.54) is 12.1 Å². The van der Waals surface area contributed by atoms with Crippen molar-refractivity contribution in [1.82, 2.24) is 9.80 Å². The van der Waals surface area contributed by atoms with Gasteiger partial charge in [-0.1, -0.05) is 24.3 Å². The highest BCUT2D eigenvalue weighted by molar-refractivity contribution is 5.78. The summed E-state index contributed by atoms with van der Waals surface area (Å²) in [5, 5.41) is 0. The molecule has 1 aromatic carbocycles. The molecule has 1 aliphatic heterocycles. The largest absolute Gasteiger partial charge is 0.378 e. The third-order valence-electron chi connectivity index (χ3n) is 3.37. The van der Waals surface area contributed by atoms with Crippen LogP contribution in [0.25, 0.3) is 6.08 Å². The lowest BCUT2D eigenvalue weighted by Gasteiger charge is -2.28. The predicted molar refractivity (Wildman–Crippen MR) is 80.3 cm³/mol. The van der Waals surface area contributed by atoms with Gasteiger partial charge in [0.2, 0.25) is 5.91 Å². The molecule has 0 radical (unpaired) electrons. The van der Waals surface area contributed by atoms with Gasteiger partial charge in [-0.25, -0.2) is 4.39 Å². The van der Waals surface area contributed by atoms with Crippen LogP contribution < -0.4 is 0 Å². The zero-order valence-electron chi connectivity index (χ0n) is 12.3. The number of benzene rings is 1. The Labute approximate surface area is 124 Å². The van der Waals surface area contributed by atoms with Crippen LogP contribution in [0, 0.1) is 5.82 Å². The zero-order valence-corrected chi connectivity index (χ0v) is 12.3. The van der Waals surface area contributed by atoms with Crippen LogP contribution in [0.15, 0.2) is 30.3 Å². The van der Waals surface area contributed by atoms with Crippen LogP contribution in [0.4, 0.5) is 4.39 Å². The molecule has 2 rings (SSSR count). The number of ether oxygens (including phenoxy) is 1. The molecule has 1 aromatic rings. The quantitative estimate of drug-likeness (QED) is 0.827. The number of hydrogen-bond acceptors (Lipinski definition) is 3. The smallest absolute Gasteiger partial charge is 0.236 e. The lowest BCUT2D eigenvalue weighted by molar-refractivity contribution is -0.136. The van der Waals surface area contributed by atoms with Crippen LogP contribution in [0.2, 0.25) is 0 Å². The van der Waals surface area contributed by atoms with E-state index in [1.807, 2.05) is 29.0 Å². The molecule has 1 amide bonds. The van der Waals surface area contributed by atoms with Gasteiger partial charge in [0, 0.05) is 19.6 Å². The lowest BCUT2D eigenvalue weighted by Crippen LogP contribution is -2.45. The molecule has 21 heavy (non-hydrogen) atoms. The van der Waals surface area contributed by atoms with Crippen molar-refractivity contribution >= 4 is 12.0 Å². The molecule has 0 aromatic heterocycles. The molecule has 4 nitrogen and oxygen atoms in total. The maximum absolute atomic E-state index is 12.8. The van der Waals surface area contributed by atoms with Crippen molar-refractivity contribution in [3.8, 4) is 0 Å². The van der Waals surface area contributed by atoms with E-state index in [-0.39, 0.29) is 11.7 Å². The van der Waals surface area contributed by atoms with E-state index in [0.29, 0.717) is 39.4 Å². The number of halogens is 1. The second-order valence-electron chi connectivity index (χ2n) is 5.14. The second-order valence-corrected chi connectivity index (χ2v) is 5.14. The monoisotopic (exact) mass is 292 g/mol. The summed E-state index contributed by atoms with van der Waals surface area (Å²) in [6.45, 7) is 3.68. The van der Waals surface area contributed by atoms with Crippen LogP contribution in [0.1, 0.15) is 5.56 Å². The number of morpholine rings is 1. The summed E-state index contributed by atoms with van der Waals surface area (Å²) in [4.78, 5) is 15.8. The van der Waals surface area contributed by atoms with E-state index < -0.39 is 0 Å². The van der Waals surface area contributed by atoms with E-state index in [9.17, 15) is 9.18 Å². The molecular weight excluding hydrogens is 271 g/mol. The third kappa shape index (κ3) is 5.28. The fraction of sp³-hybridized carbons (Fsp3) is 0.438. The van der Waals surface area contributed by atoms with E-state index in [2.05, 4.69) is 0 Å². The number of carbonyl (C=O) groups excluding carboxylic acids is 1. The molecule has 1 heterocycles. The van der Waals surface area contributed by atoms with Crippen molar-refractivity contribution < 1.29 is 13.9 Å². The molecule has 0 saturated carbocycles. The highest BCUT2D eigenvalue weighted by atomic mass is 19.1. The summed E-state index contributed by atoms with van der Waals surface area (Å²) < 4.78 is 18.0. The highest BCUT2D eigenvalue weighted by Crippen LogP contribution is 2.05. The summed E-state index contributed by atoms with van der Waals surface area (Å²) in [6, 6.07) is 6.33. The van der Waals surface area contributed by atoms with Crippen LogP contribution in [-0.2, 0) is 9.53 Å². The van der Waals surface area contributed by atoms with Crippen molar-refractivity contribution in [1.29, 1.82) is 0 Å². The Hall–Kier alpha value is -1.72. The molecule has 114 valence electrons. The molecule has 0 spiro atoms. The molecule has 0 atom stereocenters. The number of hydrogen-bond donors (Lipinski definition) is 0. The number of carbonyl (C=O) groups is 1. The third-order valence-corrected chi connectivity index (χ3v) is 3.37. The molecule has 0 unspecified atom stereocenters. The maximum atomic E-state index is 12.8. The van der Waals surface area contributed by atoms with Crippen LogP contribution in [-0.4, -0.2) is 62.1 Å². The normalized spacial score (nSPS) is 15.9. The Kier molecular flexibility index (Phi) is 5.90. The minimum atomic E-state index is -0.236. The first-order valence-corrected chi connectivity index (χ1v) is 7.11. The molecule has 0 bridgehead atoms. The first-order valence-electron chi connectivity index (χ1n) is 7.11. The summed E-state index contributed by atoms with van der Waals surface area (Å²) in [5.41, 5.74) is 0.948. The molecule has 0 aliphatic carbocycles. The van der Waals surface area contributed by atoms with Crippen LogP contribution >= 0.6 is 0 Å². The van der Waals surface area contributed by atoms with Gasteiger partial charge in [-0.15, -0.1) is 0 Å². The molecule has 1 saturated heterocycles. The van der Waals surface area contributed by atoms with Crippen molar-refractivity contribution in [3.05, 3.63) is 41.7 Å². The zero-order chi connectivity index (χ0) is 15.1. The standard InChI is InChI=1S/C16H21FN2O2/c1-18(13-16(20)19-9-11-21-12-10-19)8-2-3-14-4-6-15(17)7-5-14/h2-7H,8-13H2,1H3. The summed E-state index contributed by atoms with van der Waals surface area (Å²) in [7, 11) is 1.91. The molecule has 1 aliphatic rings. The Morgan fingerprint density at radius 3 is 2.67 bits per heavy atom. The van der Waals surface area contributed by atoms with Gasteiger partial charge in [0.25, 0.3) is 0 Å². The predicted octanol–water partition coefficient (Wildman–Crippen LogP) is 1.63. The first kappa shape index (κ1) is 15.7. The second kappa shape index (κ2) is 7.90. The summed E-state index contributed by atoms with van der Waals surface area (Å²) in [5.74, 6) is -0.101. The molecule has 0 N–H and O–H groups in total. The average Bonchev–Trinajstić information content (AvgIpc) is 2.50. The Bertz CT molecular complexity index is 482. The fourth-order valence-corrected chi connectivity index (χ4v) is 2.15. The van der Waals surface area contributed by atoms with Crippen LogP contribution in [0.3, 0.4) is 0 Å². The van der Waals surface area contributed by atoms with E-state index in [1.54, 1.807) is 12.1 Å². The lowest BCUT2D eigenvalue weighted by atomic mass is 10.2. The highest BCUT2D eigenvalue weighted by Gasteiger charge is 2.17.